The summed E-state index contributed by atoms with van der Waals surface area (Å²) in [6.45, 7) is 7.63. The first-order chi connectivity index (χ1) is 7.96. The number of Topliss-reactive ketones (excluding diaryl/α,β-unsaturated/α-hetero) is 1. The third-order valence-electron chi connectivity index (χ3n) is 4.38. The van der Waals surface area contributed by atoms with Crippen molar-refractivity contribution in [3.63, 3.8) is 0 Å². The van der Waals surface area contributed by atoms with Crippen molar-refractivity contribution < 1.29 is 14.3 Å². The highest BCUT2D eigenvalue weighted by Crippen LogP contribution is 2.51. The molecule has 2 rings (SSSR count). The molecule has 2 aliphatic rings. The molecular weight excluding hydrogens is 216 g/mol. The van der Waals surface area contributed by atoms with Gasteiger partial charge in [-0.1, -0.05) is 13.8 Å². The topological polar surface area (TPSA) is 35.5 Å². The van der Waals surface area contributed by atoms with Crippen LogP contribution in [0.5, 0.6) is 0 Å². The minimum absolute atomic E-state index is 0.206. The largest absolute Gasteiger partial charge is 0.347 e. The fourth-order valence-electron chi connectivity index (χ4n) is 3.51. The lowest BCUT2D eigenvalue weighted by Gasteiger charge is -2.49. The van der Waals surface area contributed by atoms with Crippen molar-refractivity contribution in [1.29, 1.82) is 0 Å². The first-order valence-electron chi connectivity index (χ1n) is 6.74. The fourth-order valence-corrected chi connectivity index (χ4v) is 3.51. The van der Waals surface area contributed by atoms with Crippen LogP contribution in [0.4, 0.5) is 0 Å². The smallest absolute Gasteiger partial charge is 0.171 e. The van der Waals surface area contributed by atoms with E-state index in [0.717, 1.165) is 19.3 Å². The van der Waals surface area contributed by atoms with Crippen LogP contribution in [-0.4, -0.2) is 24.8 Å². The summed E-state index contributed by atoms with van der Waals surface area (Å²) in [6.07, 6.45) is 4.87. The van der Waals surface area contributed by atoms with Gasteiger partial charge in [0, 0.05) is 18.8 Å². The Labute approximate surface area is 104 Å². The van der Waals surface area contributed by atoms with Crippen LogP contribution >= 0.6 is 0 Å². The van der Waals surface area contributed by atoms with Gasteiger partial charge in [-0.3, -0.25) is 0 Å². The van der Waals surface area contributed by atoms with Gasteiger partial charge in [0.2, 0.25) is 0 Å². The summed E-state index contributed by atoms with van der Waals surface area (Å²) < 4.78 is 11.9. The molecule has 1 saturated heterocycles. The summed E-state index contributed by atoms with van der Waals surface area (Å²) in [4.78, 5) is 11.2. The van der Waals surface area contributed by atoms with Crippen molar-refractivity contribution in [3.8, 4) is 0 Å². The summed E-state index contributed by atoms with van der Waals surface area (Å²) in [7, 11) is 0. The molecule has 98 valence electrons. The van der Waals surface area contributed by atoms with E-state index in [4.69, 9.17) is 9.47 Å². The summed E-state index contributed by atoms with van der Waals surface area (Å²) >= 11 is 0. The lowest BCUT2D eigenvalue weighted by atomic mass is 9.64. The molecule has 1 saturated carbocycles. The Morgan fingerprint density at radius 1 is 1.24 bits per heavy atom. The van der Waals surface area contributed by atoms with Gasteiger partial charge in [-0.25, -0.2) is 0 Å². The number of hydrogen-bond acceptors (Lipinski definition) is 3. The van der Waals surface area contributed by atoms with Gasteiger partial charge in [0.1, 0.15) is 5.78 Å². The van der Waals surface area contributed by atoms with Gasteiger partial charge in [0.15, 0.2) is 5.79 Å². The molecule has 1 atom stereocenters. The highest BCUT2D eigenvalue weighted by molar-refractivity contribution is 5.75. The Bertz CT molecular complexity index is 290. The van der Waals surface area contributed by atoms with Crippen LogP contribution in [0, 0.1) is 11.3 Å². The SMILES string of the molecule is CC(=O)CCC1C(C)(C)CCCC12OCCO2. The standard InChI is InChI=1S/C14H24O3/c1-11(15)5-6-12-13(2,3)7-4-8-14(12)16-9-10-17-14/h12H,4-10H2,1-3H3. The molecule has 1 spiro atoms. The van der Waals surface area contributed by atoms with E-state index in [2.05, 4.69) is 13.8 Å². The van der Waals surface area contributed by atoms with E-state index < -0.39 is 5.79 Å². The minimum atomic E-state index is -0.392. The van der Waals surface area contributed by atoms with Crippen molar-refractivity contribution >= 4 is 5.78 Å². The highest BCUT2D eigenvalue weighted by Gasteiger charge is 2.52. The van der Waals surface area contributed by atoms with Gasteiger partial charge >= 0.3 is 0 Å². The molecule has 0 radical (unpaired) electrons. The van der Waals surface area contributed by atoms with Crippen molar-refractivity contribution in [1.82, 2.24) is 0 Å². The predicted octanol–water partition coefficient (Wildman–Crippen LogP) is 2.93. The van der Waals surface area contributed by atoms with E-state index in [0.29, 0.717) is 25.6 Å². The Morgan fingerprint density at radius 2 is 1.88 bits per heavy atom. The fraction of sp³-hybridized carbons (Fsp3) is 0.929. The van der Waals surface area contributed by atoms with Gasteiger partial charge in [-0.15, -0.1) is 0 Å². The molecule has 2 fully saturated rings. The van der Waals surface area contributed by atoms with Crippen molar-refractivity contribution in [2.24, 2.45) is 11.3 Å². The average molecular weight is 240 g/mol. The van der Waals surface area contributed by atoms with Crippen molar-refractivity contribution in [2.45, 2.75) is 58.7 Å². The maximum absolute atomic E-state index is 11.2. The zero-order chi connectivity index (χ0) is 12.5. The summed E-state index contributed by atoms with van der Waals surface area (Å²) in [5, 5.41) is 0. The molecule has 3 nitrogen and oxygen atoms in total. The van der Waals surface area contributed by atoms with Gasteiger partial charge in [-0.05, 0) is 31.6 Å². The zero-order valence-electron chi connectivity index (χ0n) is 11.3. The first-order valence-corrected chi connectivity index (χ1v) is 6.74. The van der Waals surface area contributed by atoms with Gasteiger partial charge < -0.3 is 14.3 Å². The Hall–Kier alpha value is -0.410. The first kappa shape index (κ1) is 13.0. The van der Waals surface area contributed by atoms with Crippen LogP contribution in [0.2, 0.25) is 0 Å². The van der Waals surface area contributed by atoms with Crippen LogP contribution in [-0.2, 0) is 14.3 Å². The molecule has 1 aliphatic carbocycles. The van der Waals surface area contributed by atoms with E-state index in [1.807, 2.05) is 0 Å². The molecule has 0 bridgehead atoms. The van der Waals surface area contributed by atoms with Crippen LogP contribution in [0.25, 0.3) is 0 Å². The number of carbonyl (C=O) groups is 1. The number of rotatable bonds is 3. The molecular formula is C14H24O3. The number of ether oxygens (including phenoxy) is 2. The number of ketones is 1. The molecule has 1 aliphatic heterocycles. The Morgan fingerprint density at radius 3 is 2.47 bits per heavy atom. The minimum Gasteiger partial charge on any atom is -0.347 e. The lowest BCUT2D eigenvalue weighted by Crippen LogP contribution is -2.50. The second kappa shape index (κ2) is 4.69. The second-order valence-corrected chi connectivity index (χ2v) is 6.14. The maximum atomic E-state index is 11.2. The van der Waals surface area contributed by atoms with Gasteiger partial charge in [0.25, 0.3) is 0 Å². The maximum Gasteiger partial charge on any atom is 0.171 e. The molecule has 17 heavy (non-hydrogen) atoms. The van der Waals surface area contributed by atoms with Crippen LogP contribution in [0.1, 0.15) is 52.9 Å². The molecule has 0 aromatic heterocycles. The van der Waals surface area contributed by atoms with E-state index in [1.165, 1.54) is 6.42 Å². The van der Waals surface area contributed by atoms with Crippen LogP contribution < -0.4 is 0 Å². The molecule has 0 aromatic carbocycles. The quantitative estimate of drug-likeness (QED) is 0.761. The van der Waals surface area contributed by atoms with E-state index in [9.17, 15) is 4.79 Å². The molecule has 1 heterocycles. The van der Waals surface area contributed by atoms with E-state index >= 15 is 0 Å². The number of hydrogen-bond donors (Lipinski definition) is 0. The third kappa shape index (κ3) is 2.55. The normalized spacial score (nSPS) is 30.6. The van der Waals surface area contributed by atoms with Crippen molar-refractivity contribution in [2.75, 3.05) is 13.2 Å². The third-order valence-corrected chi connectivity index (χ3v) is 4.38. The molecule has 0 aromatic rings. The van der Waals surface area contributed by atoms with E-state index in [-0.39, 0.29) is 11.2 Å². The highest BCUT2D eigenvalue weighted by atomic mass is 16.7. The zero-order valence-corrected chi connectivity index (χ0v) is 11.3. The van der Waals surface area contributed by atoms with Gasteiger partial charge in [-0.2, -0.15) is 0 Å². The van der Waals surface area contributed by atoms with Gasteiger partial charge in [0.05, 0.1) is 13.2 Å². The summed E-state index contributed by atoms with van der Waals surface area (Å²) in [5.74, 6) is 0.215. The predicted molar refractivity (Wildman–Crippen MR) is 65.7 cm³/mol. The molecule has 0 N–H and O–H groups in total. The molecule has 3 heteroatoms. The van der Waals surface area contributed by atoms with Crippen LogP contribution in [0.15, 0.2) is 0 Å². The van der Waals surface area contributed by atoms with Crippen LogP contribution in [0.3, 0.4) is 0 Å². The van der Waals surface area contributed by atoms with Crippen molar-refractivity contribution in [3.05, 3.63) is 0 Å². The summed E-state index contributed by atoms with van der Waals surface area (Å²) in [5.41, 5.74) is 0.206. The summed E-state index contributed by atoms with van der Waals surface area (Å²) in [6, 6.07) is 0. The Balaban J connectivity index is 2.15. The number of carbonyl (C=O) groups excluding carboxylic acids is 1. The second-order valence-electron chi connectivity index (χ2n) is 6.14. The average Bonchev–Trinajstić information content (AvgIpc) is 2.65. The molecule has 1 unspecified atom stereocenters. The lowest BCUT2D eigenvalue weighted by molar-refractivity contribution is -0.241. The van der Waals surface area contributed by atoms with E-state index in [1.54, 1.807) is 6.92 Å². The monoisotopic (exact) mass is 240 g/mol. The Kier molecular flexibility index (Phi) is 3.60. The molecule has 0 amide bonds.